The van der Waals surface area contributed by atoms with Crippen molar-refractivity contribution in [2.24, 2.45) is 0 Å². The molecule has 0 saturated heterocycles. The molecule has 0 spiro atoms. The molecule has 0 radical (unpaired) electrons. The summed E-state index contributed by atoms with van der Waals surface area (Å²) in [6, 6.07) is 6.84. The first-order valence-corrected chi connectivity index (χ1v) is 6.14. The summed E-state index contributed by atoms with van der Waals surface area (Å²) in [5, 5.41) is 12.1. The van der Waals surface area contributed by atoms with Crippen LogP contribution in [0.3, 0.4) is 0 Å². The van der Waals surface area contributed by atoms with Gasteiger partial charge in [-0.15, -0.1) is 0 Å². The van der Waals surface area contributed by atoms with E-state index in [1.54, 1.807) is 12.1 Å². The molecule has 0 heterocycles. The monoisotopic (exact) mass is 234 g/mol. The van der Waals surface area contributed by atoms with Gasteiger partial charge in [0.15, 0.2) is 0 Å². The zero-order chi connectivity index (χ0) is 12.7. The van der Waals surface area contributed by atoms with Crippen molar-refractivity contribution in [1.82, 2.24) is 0 Å². The smallest absolute Gasteiger partial charge is 0.143 e. The molecule has 0 amide bonds. The summed E-state index contributed by atoms with van der Waals surface area (Å²) in [4.78, 5) is 0. The van der Waals surface area contributed by atoms with E-state index in [4.69, 9.17) is 5.26 Å². The Labute approximate surface area is 102 Å². The van der Waals surface area contributed by atoms with E-state index in [1.165, 1.54) is 18.9 Å². The molecule has 0 aliphatic rings. The number of unbranched alkanes of at least 4 members (excludes halogenated alkanes) is 2. The van der Waals surface area contributed by atoms with E-state index in [0.29, 0.717) is 5.69 Å². The van der Waals surface area contributed by atoms with Crippen LogP contribution in [-0.2, 0) is 0 Å². The molecule has 92 valence electrons. The predicted octanol–water partition coefficient (Wildman–Crippen LogP) is 4.08. The van der Waals surface area contributed by atoms with Gasteiger partial charge >= 0.3 is 0 Å². The van der Waals surface area contributed by atoms with Gasteiger partial charge in [-0.1, -0.05) is 32.3 Å². The fourth-order valence-corrected chi connectivity index (χ4v) is 1.80. The summed E-state index contributed by atoms with van der Waals surface area (Å²) in [6.45, 7) is 4.22. The second kappa shape index (κ2) is 6.90. The van der Waals surface area contributed by atoms with Gasteiger partial charge in [-0.05, 0) is 25.5 Å². The predicted molar refractivity (Wildman–Crippen MR) is 68.3 cm³/mol. The fourth-order valence-electron chi connectivity index (χ4n) is 1.80. The van der Waals surface area contributed by atoms with Crippen LogP contribution in [0.2, 0.25) is 0 Å². The Kier molecular flexibility index (Phi) is 5.48. The molecule has 0 aromatic heterocycles. The lowest BCUT2D eigenvalue weighted by Crippen LogP contribution is -2.16. The SMILES string of the molecule is CCCCCC(C)Nc1cccc(F)c1C#N. The standard InChI is InChI=1S/C14H19FN2/c1-3-4-5-7-11(2)17-14-9-6-8-13(15)12(14)10-16/h6,8-9,11,17H,3-5,7H2,1-2H3. The molecule has 3 heteroatoms. The van der Waals surface area contributed by atoms with Crippen molar-refractivity contribution in [3.8, 4) is 6.07 Å². The first-order valence-electron chi connectivity index (χ1n) is 6.14. The summed E-state index contributed by atoms with van der Waals surface area (Å²) < 4.78 is 13.3. The Morgan fingerprint density at radius 2 is 2.18 bits per heavy atom. The molecular weight excluding hydrogens is 215 g/mol. The molecule has 2 nitrogen and oxygen atoms in total. The molecule has 0 aliphatic heterocycles. The van der Waals surface area contributed by atoms with Gasteiger partial charge in [0.05, 0.1) is 5.69 Å². The third-order valence-electron chi connectivity index (χ3n) is 2.77. The zero-order valence-corrected chi connectivity index (χ0v) is 10.5. The molecule has 1 unspecified atom stereocenters. The highest BCUT2D eigenvalue weighted by molar-refractivity contribution is 5.58. The van der Waals surface area contributed by atoms with Crippen LogP contribution < -0.4 is 5.32 Å². The minimum atomic E-state index is -0.460. The van der Waals surface area contributed by atoms with Crippen molar-refractivity contribution >= 4 is 5.69 Å². The van der Waals surface area contributed by atoms with Crippen molar-refractivity contribution < 1.29 is 4.39 Å². The van der Waals surface area contributed by atoms with Gasteiger partial charge in [0.2, 0.25) is 0 Å². The Bertz CT molecular complexity index is 396. The Hall–Kier alpha value is -1.56. The summed E-state index contributed by atoms with van der Waals surface area (Å²) in [7, 11) is 0. The zero-order valence-electron chi connectivity index (χ0n) is 10.5. The highest BCUT2D eigenvalue weighted by Crippen LogP contribution is 2.19. The van der Waals surface area contributed by atoms with Crippen LogP contribution in [0.25, 0.3) is 0 Å². The molecule has 1 atom stereocenters. The second-order valence-electron chi connectivity index (χ2n) is 4.32. The normalized spacial score (nSPS) is 11.9. The van der Waals surface area contributed by atoms with Gasteiger partial charge in [0.25, 0.3) is 0 Å². The topological polar surface area (TPSA) is 35.8 Å². The van der Waals surface area contributed by atoms with Crippen LogP contribution in [0.5, 0.6) is 0 Å². The molecule has 0 bridgehead atoms. The molecule has 0 aliphatic carbocycles. The molecule has 1 N–H and O–H groups in total. The van der Waals surface area contributed by atoms with Crippen molar-refractivity contribution in [3.05, 3.63) is 29.6 Å². The number of benzene rings is 1. The average Bonchev–Trinajstić information content (AvgIpc) is 2.29. The van der Waals surface area contributed by atoms with Crippen molar-refractivity contribution in [1.29, 1.82) is 5.26 Å². The minimum absolute atomic E-state index is 0.106. The largest absolute Gasteiger partial charge is 0.381 e. The van der Waals surface area contributed by atoms with Crippen LogP contribution in [-0.4, -0.2) is 6.04 Å². The summed E-state index contributed by atoms with van der Waals surface area (Å²) in [5.41, 5.74) is 0.700. The maximum Gasteiger partial charge on any atom is 0.143 e. The highest BCUT2D eigenvalue weighted by Gasteiger charge is 2.09. The van der Waals surface area contributed by atoms with E-state index in [9.17, 15) is 4.39 Å². The van der Waals surface area contributed by atoms with Gasteiger partial charge in [-0.25, -0.2) is 4.39 Å². The van der Waals surface area contributed by atoms with E-state index in [2.05, 4.69) is 19.2 Å². The van der Waals surface area contributed by atoms with Crippen molar-refractivity contribution in [3.63, 3.8) is 0 Å². The van der Waals surface area contributed by atoms with Crippen LogP contribution in [0.1, 0.15) is 45.1 Å². The van der Waals surface area contributed by atoms with Crippen LogP contribution >= 0.6 is 0 Å². The van der Waals surface area contributed by atoms with E-state index in [-0.39, 0.29) is 11.6 Å². The van der Waals surface area contributed by atoms with Gasteiger partial charge in [0.1, 0.15) is 17.4 Å². The Morgan fingerprint density at radius 1 is 1.41 bits per heavy atom. The number of nitriles is 1. The van der Waals surface area contributed by atoms with E-state index in [0.717, 1.165) is 12.8 Å². The number of anilines is 1. The first kappa shape index (κ1) is 13.5. The molecule has 1 aromatic carbocycles. The van der Waals surface area contributed by atoms with Gasteiger partial charge < -0.3 is 5.32 Å². The second-order valence-corrected chi connectivity index (χ2v) is 4.32. The minimum Gasteiger partial charge on any atom is -0.381 e. The molecule has 1 aromatic rings. The molecule has 17 heavy (non-hydrogen) atoms. The number of hydrogen-bond donors (Lipinski definition) is 1. The maximum atomic E-state index is 13.3. The van der Waals surface area contributed by atoms with Crippen molar-refractivity contribution in [2.45, 2.75) is 45.6 Å². The lowest BCUT2D eigenvalue weighted by molar-refractivity contribution is 0.610. The summed E-state index contributed by atoms with van der Waals surface area (Å²) >= 11 is 0. The third kappa shape index (κ3) is 4.07. The van der Waals surface area contributed by atoms with Crippen LogP contribution in [0, 0.1) is 17.1 Å². The van der Waals surface area contributed by atoms with E-state index >= 15 is 0 Å². The first-order chi connectivity index (χ1) is 8.19. The number of hydrogen-bond acceptors (Lipinski definition) is 2. The molecule has 1 rings (SSSR count). The Balaban J connectivity index is 2.62. The van der Waals surface area contributed by atoms with Crippen LogP contribution in [0.4, 0.5) is 10.1 Å². The molecular formula is C14H19FN2. The summed E-state index contributed by atoms with van der Waals surface area (Å²) in [6.07, 6.45) is 4.59. The third-order valence-corrected chi connectivity index (χ3v) is 2.77. The van der Waals surface area contributed by atoms with E-state index in [1.807, 2.05) is 6.07 Å². The van der Waals surface area contributed by atoms with Crippen LogP contribution in [0.15, 0.2) is 18.2 Å². The van der Waals surface area contributed by atoms with E-state index < -0.39 is 5.82 Å². The number of nitrogens with one attached hydrogen (secondary N) is 1. The van der Waals surface area contributed by atoms with Crippen molar-refractivity contribution in [2.75, 3.05) is 5.32 Å². The Morgan fingerprint density at radius 3 is 2.82 bits per heavy atom. The maximum absolute atomic E-state index is 13.3. The number of rotatable bonds is 6. The van der Waals surface area contributed by atoms with Gasteiger partial charge in [-0.3, -0.25) is 0 Å². The molecule has 0 fully saturated rings. The lowest BCUT2D eigenvalue weighted by atomic mass is 10.1. The number of halogens is 1. The average molecular weight is 234 g/mol. The highest BCUT2D eigenvalue weighted by atomic mass is 19.1. The van der Waals surface area contributed by atoms with Gasteiger partial charge in [0, 0.05) is 6.04 Å². The number of nitrogens with zero attached hydrogens (tertiary/aromatic N) is 1. The lowest BCUT2D eigenvalue weighted by Gasteiger charge is -2.16. The quantitative estimate of drug-likeness (QED) is 0.753. The fraction of sp³-hybridized carbons (Fsp3) is 0.500. The molecule has 0 saturated carbocycles. The summed E-state index contributed by atoms with van der Waals surface area (Å²) in [5.74, 6) is -0.460. The van der Waals surface area contributed by atoms with Gasteiger partial charge in [-0.2, -0.15) is 5.26 Å².